The SMILES string of the molecule is COc1ccc(CN2CCNCC2)cc1C(F)F. The molecule has 3 nitrogen and oxygen atoms in total. The van der Waals surface area contributed by atoms with Gasteiger partial charge in [0.2, 0.25) is 0 Å². The van der Waals surface area contributed by atoms with Crippen LogP contribution >= 0.6 is 0 Å². The molecule has 0 unspecified atom stereocenters. The summed E-state index contributed by atoms with van der Waals surface area (Å²) in [6.45, 7) is 4.53. The Labute approximate surface area is 106 Å². The standard InChI is InChI=1S/C13H18F2N2O/c1-18-12-3-2-10(8-11(12)13(14)15)9-17-6-4-16-5-7-17/h2-3,8,13,16H,4-7,9H2,1H3. The Hall–Kier alpha value is -1.20. The molecule has 0 spiro atoms. The van der Waals surface area contributed by atoms with Crippen molar-refractivity contribution in [3.05, 3.63) is 29.3 Å². The summed E-state index contributed by atoms with van der Waals surface area (Å²) >= 11 is 0. The lowest BCUT2D eigenvalue weighted by Crippen LogP contribution is -2.42. The lowest BCUT2D eigenvalue weighted by molar-refractivity contribution is 0.146. The van der Waals surface area contributed by atoms with Gasteiger partial charge in [-0.2, -0.15) is 0 Å². The molecule has 0 saturated carbocycles. The number of benzene rings is 1. The number of nitrogens with zero attached hydrogens (tertiary/aromatic N) is 1. The molecule has 100 valence electrons. The van der Waals surface area contributed by atoms with E-state index in [1.807, 2.05) is 6.07 Å². The third-order valence-electron chi connectivity index (χ3n) is 3.15. The van der Waals surface area contributed by atoms with Crippen LogP contribution in [0.3, 0.4) is 0 Å². The molecule has 1 aromatic carbocycles. The summed E-state index contributed by atoms with van der Waals surface area (Å²) < 4.78 is 30.7. The molecule has 1 N–H and O–H groups in total. The van der Waals surface area contributed by atoms with E-state index in [-0.39, 0.29) is 11.3 Å². The fraction of sp³-hybridized carbons (Fsp3) is 0.538. The van der Waals surface area contributed by atoms with Gasteiger partial charge in [-0.1, -0.05) is 6.07 Å². The molecule has 0 aromatic heterocycles. The number of hydrogen-bond donors (Lipinski definition) is 1. The van der Waals surface area contributed by atoms with Crippen LogP contribution in [-0.4, -0.2) is 38.2 Å². The van der Waals surface area contributed by atoms with Crippen LogP contribution in [0.4, 0.5) is 8.78 Å². The second-order valence-corrected chi connectivity index (χ2v) is 4.40. The minimum absolute atomic E-state index is 0.0230. The van der Waals surface area contributed by atoms with Gasteiger partial charge >= 0.3 is 0 Å². The molecule has 1 aliphatic heterocycles. The highest BCUT2D eigenvalue weighted by molar-refractivity contribution is 5.38. The number of ether oxygens (including phenoxy) is 1. The summed E-state index contributed by atoms with van der Waals surface area (Å²) in [6, 6.07) is 5.03. The number of methoxy groups -OCH3 is 1. The molecule has 1 heterocycles. The van der Waals surface area contributed by atoms with Crippen molar-refractivity contribution in [1.82, 2.24) is 10.2 Å². The zero-order chi connectivity index (χ0) is 13.0. The maximum Gasteiger partial charge on any atom is 0.267 e. The van der Waals surface area contributed by atoms with E-state index in [1.165, 1.54) is 7.11 Å². The largest absolute Gasteiger partial charge is 0.496 e. The second kappa shape index (κ2) is 6.11. The lowest BCUT2D eigenvalue weighted by Gasteiger charge is -2.27. The number of halogens is 2. The molecule has 1 aliphatic rings. The van der Waals surface area contributed by atoms with E-state index in [1.54, 1.807) is 12.1 Å². The first-order chi connectivity index (χ1) is 8.70. The van der Waals surface area contributed by atoms with Crippen molar-refractivity contribution in [3.8, 4) is 5.75 Å². The average molecular weight is 256 g/mol. The zero-order valence-corrected chi connectivity index (χ0v) is 10.5. The van der Waals surface area contributed by atoms with Gasteiger partial charge in [-0.25, -0.2) is 8.78 Å². The maximum atomic E-state index is 12.9. The molecular weight excluding hydrogens is 238 g/mol. The highest BCUT2D eigenvalue weighted by Crippen LogP contribution is 2.30. The summed E-state index contributed by atoms with van der Waals surface area (Å²) in [4.78, 5) is 2.26. The summed E-state index contributed by atoms with van der Waals surface area (Å²) in [6.07, 6.45) is -2.50. The van der Waals surface area contributed by atoms with E-state index in [0.29, 0.717) is 6.54 Å². The fourth-order valence-electron chi connectivity index (χ4n) is 2.18. The van der Waals surface area contributed by atoms with Crippen LogP contribution in [0.2, 0.25) is 0 Å². The van der Waals surface area contributed by atoms with E-state index < -0.39 is 6.43 Å². The van der Waals surface area contributed by atoms with Crippen molar-refractivity contribution in [3.63, 3.8) is 0 Å². The summed E-state index contributed by atoms with van der Waals surface area (Å²) in [5.74, 6) is 0.258. The van der Waals surface area contributed by atoms with Crippen molar-refractivity contribution in [2.24, 2.45) is 0 Å². The smallest absolute Gasteiger partial charge is 0.267 e. The average Bonchev–Trinajstić information content (AvgIpc) is 2.40. The molecule has 0 aliphatic carbocycles. The van der Waals surface area contributed by atoms with Gasteiger partial charge in [0.05, 0.1) is 12.7 Å². The van der Waals surface area contributed by atoms with Crippen molar-refractivity contribution in [2.75, 3.05) is 33.3 Å². The van der Waals surface area contributed by atoms with Crippen molar-refractivity contribution < 1.29 is 13.5 Å². The predicted octanol–water partition coefficient (Wildman–Crippen LogP) is 2.04. The number of piperazine rings is 1. The topological polar surface area (TPSA) is 24.5 Å². The third-order valence-corrected chi connectivity index (χ3v) is 3.15. The molecule has 0 bridgehead atoms. The highest BCUT2D eigenvalue weighted by Gasteiger charge is 2.16. The number of alkyl halides is 2. The molecule has 2 rings (SSSR count). The summed E-state index contributed by atoms with van der Waals surface area (Å²) in [5, 5.41) is 3.27. The first-order valence-electron chi connectivity index (χ1n) is 6.08. The van der Waals surface area contributed by atoms with Crippen molar-refractivity contribution >= 4 is 0 Å². The van der Waals surface area contributed by atoms with E-state index in [2.05, 4.69) is 10.2 Å². The zero-order valence-electron chi connectivity index (χ0n) is 10.5. The monoisotopic (exact) mass is 256 g/mol. The van der Waals surface area contributed by atoms with Crippen LogP contribution in [0, 0.1) is 0 Å². The third kappa shape index (κ3) is 3.17. The van der Waals surface area contributed by atoms with Crippen LogP contribution in [0.15, 0.2) is 18.2 Å². The number of rotatable bonds is 4. The molecule has 5 heteroatoms. The fourth-order valence-corrected chi connectivity index (χ4v) is 2.18. The van der Waals surface area contributed by atoms with E-state index in [9.17, 15) is 8.78 Å². The van der Waals surface area contributed by atoms with Crippen molar-refractivity contribution in [2.45, 2.75) is 13.0 Å². The summed E-state index contributed by atoms with van der Waals surface area (Å²) in [5.41, 5.74) is 0.887. The normalized spacial score (nSPS) is 17.1. The lowest BCUT2D eigenvalue weighted by atomic mass is 10.1. The Morgan fingerprint density at radius 3 is 2.67 bits per heavy atom. The van der Waals surface area contributed by atoms with Gasteiger partial charge in [-0.3, -0.25) is 4.90 Å². The Kier molecular flexibility index (Phi) is 4.49. The molecule has 1 fully saturated rings. The first kappa shape index (κ1) is 13.2. The minimum atomic E-state index is -2.50. The van der Waals surface area contributed by atoms with Gasteiger partial charge in [0, 0.05) is 32.7 Å². The molecule has 1 aromatic rings. The highest BCUT2D eigenvalue weighted by atomic mass is 19.3. The minimum Gasteiger partial charge on any atom is -0.496 e. The second-order valence-electron chi connectivity index (χ2n) is 4.40. The van der Waals surface area contributed by atoms with E-state index in [4.69, 9.17) is 4.74 Å². The quantitative estimate of drug-likeness (QED) is 0.892. The van der Waals surface area contributed by atoms with Crippen LogP contribution in [-0.2, 0) is 6.54 Å². The van der Waals surface area contributed by atoms with Crippen LogP contribution in [0.25, 0.3) is 0 Å². The molecule has 1 saturated heterocycles. The summed E-state index contributed by atoms with van der Waals surface area (Å²) in [7, 11) is 1.41. The molecule has 0 atom stereocenters. The van der Waals surface area contributed by atoms with Gasteiger partial charge in [0.1, 0.15) is 5.75 Å². The molecule has 0 radical (unpaired) electrons. The molecule has 18 heavy (non-hydrogen) atoms. The van der Waals surface area contributed by atoms with Gasteiger partial charge in [0.15, 0.2) is 0 Å². The first-order valence-corrected chi connectivity index (χ1v) is 6.08. The van der Waals surface area contributed by atoms with Crippen molar-refractivity contribution in [1.29, 1.82) is 0 Å². The number of nitrogens with one attached hydrogen (secondary N) is 1. The molecular formula is C13H18F2N2O. The van der Waals surface area contributed by atoms with Gasteiger partial charge < -0.3 is 10.1 Å². The van der Waals surface area contributed by atoms with Crippen LogP contribution in [0.1, 0.15) is 17.6 Å². The maximum absolute atomic E-state index is 12.9. The van der Waals surface area contributed by atoms with Gasteiger partial charge in [-0.15, -0.1) is 0 Å². The number of hydrogen-bond acceptors (Lipinski definition) is 3. The Morgan fingerprint density at radius 2 is 2.06 bits per heavy atom. The Morgan fingerprint density at radius 1 is 1.33 bits per heavy atom. The van der Waals surface area contributed by atoms with Gasteiger partial charge in [-0.05, 0) is 17.7 Å². The Balaban J connectivity index is 2.10. The van der Waals surface area contributed by atoms with Crippen LogP contribution < -0.4 is 10.1 Å². The molecule has 0 amide bonds. The van der Waals surface area contributed by atoms with Gasteiger partial charge in [0.25, 0.3) is 6.43 Å². The van der Waals surface area contributed by atoms with E-state index >= 15 is 0 Å². The Bertz CT molecular complexity index is 393. The predicted molar refractivity (Wildman–Crippen MR) is 66.1 cm³/mol. The van der Waals surface area contributed by atoms with E-state index in [0.717, 1.165) is 31.7 Å². The van der Waals surface area contributed by atoms with Crippen LogP contribution in [0.5, 0.6) is 5.75 Å².